The molecule has 0 radical (unpaired) electrons. The number of nitriles is 1. The highest BCUT2D eigenvalue weighted by Crippen LogP contribution is 2.06. The van der Waals surface area contributed by atoms with Crippen LogP contribution in [0, 0.1) is 11.3 Å². The molecule has 1 rings (SSSR count). The fraction of sp³-hybridized carbons (Fsp3) is 0.300. The third-order valence-corrected chi connectivity index (χ3v) is 3.39. The molecule has 0 aliphatic carbocycles. The van der Waals surface area contributed by atoms with Crippen LogP contribution in [0.5, 0.6) is 0 Å². The van der Waals surface area contributed by atoms with Crippen molar-refractivity contribution in [2.75, 3.05) is 6.54 Å². The molecule has 0 aliphatic rings. The van der Waals surface area contributed by atoms with Gasteiger partial charge in [0.05, 0.1) is 11.6 Å². The van der Waals surface area contributed by atoms with Crippen molar-refractivity contribution in [3.63, 3.8) is 0 Å². The number of nitrogens with one attached hydrogen (secondary N) is 1. The monoisotopic (exact) mass is 269 g/mol. The summed E-state index contributed by atoms with van der Waals surface area (Å²) < 4.78 is 25.6. The Labute approximate surface area is 104 Å². The van der Waals surface area contributed by atoms with E-state index in [1.165, 1.54) is 6.07 Å². The SMILES string of the molecule is N#CCCCNS(=O)(=O)c1ccc(C(=O)O)cn1. The number of aromatic carboxylic acids is 1. The minimum absolute atomic E-state index is 0.0848. The molecule has 0 aromatic carbocycles. The summed E-state index contributed by atoms with van der Waals surface area (Å²) in [5, 5.41) is 16.7. The molecule has 1 aromatic rings. The number of rotatable bonds is 6. The summed E-state index contributed by atoms with van der Waals surface area (Å²) in [6, 6.07) is 4.18. The Hall–Kier alpha value is -1.98. The van der Waals surface area contributed by atoms with Gasteiger partial charge < -0.3 is 5.11 Å². The summed E-state index contributed by atoms with van der Waals surface area (Å²) in [5.41, 5.74) is -0.0848. The highest BCUT2D eigenvalue weighted by Gasteiger charge is 2.15. The molecule has 8 heteroatoms. The molecule has 0 spiro atoms. The molecule has 0 atom stereocenters. The number of nitrogens with zero attached hydrogens (tertiary/aromatic N) is 2. The molecule has 0 bridgehead atoms. The van der Waals surface area contributed by atoms with Gasteiger partial charge in [0.15, 0.2) is 5.03 Å². The maximum absolute atomic E-state index is 11.7. The maximum Gasteiger partial charge on any atom is 0.337 e. The van der Waals surface area contributed by atoms with Gasteiger partial charge in [-0.05, 0) is 18.6 Å². The fourth-order valence-electron chi connectivity index (χ4n) is 1.11. The van der Waals surface area contributed by atoms with Gasteiger partial charge in [-0.15, -0.1) is 0 Å². The zero-order valence-corrected chi connectivity index (χ0v) is 10.1. The molecule has 96 valence electrons. The summed E-state index contributed by atoms with van der Waals surface area (Å²) in [5.74, 6) is -1.17. The third-order valence-electron chi connectivity index (χ3n) is 2.02. The molecule has 0 saturated heterocycles. The van der Waals surface area contributed by atoms with E-state index in [2.05, 4.69) is 9.71 Å². The Bertz CT molecular complexity index is 560. The predicted octanol–water partition coefficient (Wildman–Crippen LogP) is 0.362. The Morgan fingerprint density at radius 2 is 2.22 bits per heavy atom. The lowest BCUT2D eigenvalue weighted by Crippen LogP contribution is -2.25. The normalized spacial score (nSPS) is 10.8. The van der Waals surface area contributed by atoms with E-state index in [4.69, 9.17) is 10.4 Å². The molecule has 0 amide bonds. The number of hydrogen-bond acceptors (Lipinski definition) is 5. The van der Waals surface area contributed by atoms with Crippen LogP contribution in [0.2, 0.25) is 0 Å². The van der Waals surface area contributed by atoms with Crippen LogP contribution >= 0.6 is 0 Å². The number of aromatic nitrogens is 1. The van der Waals surface area contributed by atoms with E-state index in [1.807, 2.05) is 6.07 Å². The molecule has 0 saturated carbocycles. The Morgan fingerprint density at radius 3 is 2.72 bits per heavy atom. The summed E-state index contributed by atoms with van der Waals surface area (Å²) in [6.07, 6.45) is 1.64. The molecule has 2 N–H and O–H groups in total. The first kappa shape index (κ1) is 14.1. The molecule has 0 unspecified atom stereocenters. The van der Waals surface area contributed by atoms with Crippen molar-refractivity contribution in [1.82, 2.24) is 9.71 Å². The van der Waals surface area contributed by atoms with Crippen molar-refractivity contribution < 1.29 is 18.3 Å². The van der Waals surface area contributed by atoms with Gasteiger partial charge in [-0.1, -0.05) is 0 Å². The van der Waals surface area contributed by atoms with Crippen LogP contribution in [0.15, 0.2) is 23.4 Å². The van der Waals surface area contributed by atoms with Crippen LogP contribution in [0.3, 0.4) is 0 Å². The lowest BCUT2D eigenvalue weighted by Gasteiger charge is -2.04. The van der Waals surface area contributed by atoms with Crippen LogP contribution in [0.4, 0.5) is 0 Å². The zero-order chi connectivity index (χ0) is 13.6. The molecule has 18 heavy (non-hydrogen) atoms. The van der Waals surface area contributed by atoms with Crippen LogP contribution in [0.1, 0.15) is 23.2 Å². The van der Waals surface area contributed by atoms with E-state index < -0.39 is 16.0 Å². The van der Waals surface area contributed by atoms with Gasteiger partial charge in [-0.25, -0.2) is 22.9 Å². The lowest BCUT2D eigenvalue weighted by molar-refractivity contribution is 0.0696. The third kappa shape index (κ3) is 3.80. The Balaban J connectivity index is 2.73. The second-order valence-electron chi connectivity index (χ2n) is 3.35. The summed E-state index contributed by atoms with van der Waals surface area (Å²) >= 11 is 0. The molecule has 0 aliphatic heterocycles. The van der Waals surface area contributed by atoms with Crippen molar-refractivity contribution >= 4 is 16.0 Å². The number of carboxylic acid groups (broad SMARTS) is 1. The van der Waals surface area contributed by atoms with E-state index in [0.29, 0.717) is 6.42 Å². The van der Waals surface area contributed by atoms with Crippen molar-refractivity contribution in [3.05, 3.63) is 23.9 Å². The number of sulfonamides is 1. The van der Waals surface area contributed by atoms with E-state index in [9.17, 15) is 13.2 Å². The highest BCUT2D eigenvalue weighted by atomic mass is 32.2. The van der Waals surface area contributed by atoms with Gasteiger partial charge in [0.2, 0.25) is 0 Å². The van der Waals surface area contributed by atoms with Gasteiger partial charge in [0.1, 0.15) is 0 Å². The second kappa shape index (κ2) is 6.09. The van der Waals surface area contributed by atoms with Gasteiger partial charge in [-0.3, -0.25) is 0 Å². The first-order chi connectivity index (χ1) is 8.47. The van der Waals surface area contributed by atoms with Crippen molar-refractivity contribution in [3.8, 4) is 6.07 Å². The lowest BCUT2D eigenvalue weighted by atomic mass is 10.3. The fourth-order valence-corrected chi connectivity index (χ4v) is 2.11. The average Bonchev–Trinajstić information content (AvgIpc) is 2.35. The maximum atomic E-state index is 11.7. The van der Waals surface area contributed by atoms with Crippen LogP contribution in [-0.4, -0.2) is 31.0 Å². The van der Waals surface area contributed by atoms with Crippen LogP contribution < -0.4 is 4.72 Å². The van der Waals surface area contributed by atoms with Crippen LogP contribution in [-0.2, 0) is 10.0 Å². The molecule has 1 aromatic heterocycles. The number of carboxylic acids is 1. The Kier molecular flexibility index (Phi) is 4.76. The van der Waals surface area contributed by atoms with Crippen molar-refractivity contribution in [2.24, 2.45) is 0 Å². The van der Waals surface area contributed by atoms with E-state index in [1.54, 1.807) is 0 Å². The first-order valence-corrected chi connectivity index (χ1v) is 6.51. The minimum Gasteiger partial charge on any atom is -0.478 e. The first-order valence-electron chi connectivity index (χ1n) is 5.03. The van der Waals surface area contributed by atoms with Crippen LogP contribution in [0.25, 0.3) is 0 Å². The smallest absolute Gasteiger partial charge is 0.337 e. The average molecular weight is 269 g/mol. The minimum atomic E-state index is -3.75. The molecule has 7 nitrogen and oxygen atoms in total. The van der Waals surface area contributed by atoms with Gasteiger partial charge >= 0.3 is 5.97 Å². The molecular formula is C10H11N3O4S. The standard InChI is InChI=1S/C10H11N3O4S/c11-5-1-2-6-13-18(16,17)9-4-3-8(7-12-9)10(14)15/h3-4,7,13H,1-2,6H2,(H,14,15). The van der Waals surface area contributed by atoms with Crippen molar-refractivity contribution in [1.29, 1.82) is 5.26 Å². The number of pyridine rings is 1. The number of carbonyl (C=O) groups is 1. The number of hydrogen-bond donors (Lipinski definition) is 2. The molecular weight excluding hydrogens is 258 g/mol. The van der Waals surface area contributed by atoms with Crippen molar-refractivity contribution in [2.45, 2.75) is 17.9 Å². The second-order valence-corrected chi connectivity index (χ2v) is 5.06. The van der Waals surface area contributed by atoms with Gasteiger partial charge in [-0.2, -0.15) is 5.26 Å². The van der Waals surface area contributed by atoms with E-state index in [-0.39, 0.29) is 23.6 Å². The van der Waals surface area contributed by atoms with Gasteiger partial charge in [0, 0.05) is 19.2 Å². The summed E-state index contributed by atoms with van der Waals surface area (Å²) in [7, 11) is -3.75. The zero-order valence-electron chi connectivity index (χ0n) is 9.33. The van der Waals surface area contributed by atoms with E-state index in [0.717, 1.165) is 12.3 Å². The topological polar surface area (TPSA) is 120 Å². The van der Waals surface area contributed by atoms with E-state index >= 15 is 0 Å². The summed E-state index contributed by atoms with van der Waals surface area (Å²) in [6.45, 7) is 0.137. The molecule has 0 fully saturated rings. The molecule has 1 heterocycles. The predicted molar refractivity (Wildman–Crippen MR) is 61.2 cm³/mol. The Morgan fingerprint density at radius 1 is 1.50 bits per heavy atom. The largest absolute Gasteiger partial charge is 0.478 e. The quantitative estimate of drug-likeness (QED) is 0.719. The highest BCUT2D eigenvalue weighted by molar-refractivity contribution is 7.89. The number of unbranched alkanes of at least 4 members (excludes halogenated alkanes) is 1. The summed E-state index contributed by atoms with van der Waals surface area (Å²) in [4.78, 5) is 14.1. The van der Waals surface area contributed by atoms with Gasteiger partial charge in [0.25, 0.3) is 10.0 Å².